The average Bonchev–Trinajstić information content (AvgIpc) is 2.49. The van der Waals surface area contributed by atoms with Crippen molar-refractivity contribution in [1.82, 2.24) is 14.9 Å². The Morgan fingerprint density at radius 3 is 2.73 bits per heavy atom. The number of aromatic nitrogens is 2. The third-order valence-corrected chi connectivity index (χ3v) is 2.09. The first kappa shape index (κ1) is 12.0. The highest BCUT2D eigenvalue weighted by atomic mass is 15.0. The van der Waals surface area contributed by atoms with Gasteiger partial charge in [0, 0.05) is 25.0 Å². The first-order valence-corrected chi connectivity index (χ1v) is 5.38. The van der Waals surface area contributed by atoms with E-state index in [4.69, 9.17) is 0 Å². The molecule has 0 unspecified atom stereocenters. The second kappa shape index (κ2) is 5.12. The van der Waals surface area contributed by atoms with Gasteiger partial charge < -0.3 is 9.88 Å². The van der Waals surface area contributed by atoms with Crippen LogP contribution < -0.4 is 5.32 Å². The van der Waals surface area contributed by atoms with Crippen molar-refractivity contribution in [3.05, 3.63) is 24.3 Å². The van der Waals surface area contributed by atoms with E-state index >= 15 is 0 Å². The summed E-state index contributed by atoms with van der Waals surface area (Å²) in [6, 6.07) is 0. The number of imidazole rings is 1. The number of nitrogens with one attached hydrogen (secondary N) is 1. The molecule has 0 atom stereocenters. The zero-order valence-corrected chi connectivity index (χ0v) is 10.1. The maximum atomic E-state index is 4.22. The van der Waals surface area contributed by atoms with E-state index in [1.165, 1.54) is 0 Å². The van der Waals surface area contributed by atoms with Gasteiger partial charge >= 0.3 is 0 Å². The Balaban J connectivity index is 2.27. The van der Waals surface area contributed by atoms with Crippen LogP contribution >= 0.6 is 0 Å². The number of nitrogens with zero attached hydrogens (tertiary/aromatic N) is 2. The van der Waals surface area contributed by atoms with Gasteiger partial charge in [0.2, 0.25) is 0 Å². The third kappa shape index (κ3) is 4.79. The summed E-state index contributed by atoms with van der Waals surface area (Å²) < 4.78 is 2.01. The van der Waals surface area contributed by atoms with Gasteiger partial charge in [0.05, 0.1) is 0 Å². The largest absolute Gasteiger partial charge is 0.335 e. The fourth-order valence-corrected chi connectivity index (χ4v) is 1.26. The van der Waals surface area contributed by atoms with Crippen molar-refractivity contribution in [2.45, 2.75) is 32.7 Å². The minimum Gasteiger partial charge on any atom is -0.335 e. The number of rotatable bonds is 4. The quantitative estimate of drug-likeness (QED) is 0.767. The third-order valence-electron chi connectivity index (χ3n) is 2.09. The molecule has 0 radical (unpaired) electrons. The van der Waals surface area contributed by atoms with E-state index in [2.05, 4.69) is 43.2 Å². The molecule has 84 valence electrons. The van der Waals surface area contributed by atoms with Crippen molar-refractivity contribution in [2.24, 2.45) is 7.05 Å². The fourth-order valence-electron chi connectivity index (χ4n) is 1.26. The van der Waals surface area contributed by atoms with Crippen molar-refractivity contribution >= 4 is 6.08 Å². The molecule has 1 rings (SSSR count). The molecule has 0 bridgehead atoms. The number of aryl methyl sites for hydroxylation is 1. The van der Waals surface area contributed by atoms with E-state index in [-0.39, 0.29) is 5.54 Å². The highest BCUT2D eigenvalue weighted by Gasteiger charge is 2.06. The summed E-state index contributed by atoms with van der Waals surface area (Å²) in [5.41, 5.74) is 0.205. The first-order chi connectivity index (χ1) is 6.99. The van der Waals surface area contributed by atoms with Crippen molar-refractivity contribution in [3.63, 3.8) is 0 Å². The van der Waals surface area contributed by atoms with Crippen LogP contribution in [0.5, 0.6) is 0 Å². The molecule has 0 aromatic carbocycles. The molecule has 0 saturated carbocycles. The van der Waals surface area contributed by atoms with Crippen molar-refractivity contribution < 1.29 is 0 Å². The fraction of sp³-hybridized carbons (Fsp3) is 0.583. The standard InChI is InChI=1S/C12H21N3/c1-12(2,3)14-8-6-5-7-11-13-9-10-15(11)4/h5,7,9-10,14H,6,8H2,1-4H3. The Morgan fingerprint density at radius 2 is 2.20 bits per heavy atom. The molecule has 0 aliphatic carbocycles. The van der Waals surface area contributed by atoms with Gasteiger partial charge in [-0.3, -0.25) is 0 Å². The van der Waals surface area contributed by atoms with Gasteiger partial charge in [0.15, 0.2) is 0 Å². The Labute approximate surface area is 92.2 Å². The SMILES string of the molecule is Cn1ccnc1C=CCCNC(C)(C)C. The van der Waals surface area contributed by atoms with Crippen LogP contribution in [0.1, 0.15) is 33.0 Å². The van der Waals surface area contributed by atoms with Gasteiger partial charge in [-0.2, -0.15) is 0 Å². The minimum absolute atomic E-state index is 0.205. The molecule has 15 heavy (non-hydrogen) atoms. The molecule has 0 spiro atoms. The maximum Gasteiger partial charge on any atom is 0.131 e. The van der Waals surface area contributed by atoms with Gasteiger partial charge in [-0.1, -0.05) is 6.08 Å². The Morgan fingerprint density at radius 1 is 1.47 bits per heavy atom. The monoisotopic (exact) mass is 207 g/mol. The van der Waals surface area contributed by atoms with Crippen LogP contribution in [0, 0.1) is 0 Å². The lowest BCUT2D eigenvalue weighted by molar-refractivity contribution is 0.431. The lowest BCUT2D eigenvalue weighted by atomic mass is 10.1. The molecule has 3 heteroatoms. The molecular formula is C12H21N3. The highest BCUT2D eigenvalue weighted by molar-refractivity contribution is 5.39. The molecule has 0 aliphatic rings. The molecule has 1 N–H and O–H groups in total. The molecule has 0 amide bonds. The molecule has 0 aliphatic heterocycles. The van der Waals surface area contributed by atoms with Gasteiger partial charge in [-0.05, 0) is 39.8 Å². The highest BCUT2D eigenvalue weighted by Crippen LogP contribution is 2.00. The smallest absolute Gasteiger partial charge is 0.131 e. The van der Waals surface area contributed by atoms with Gasteiger partial charge in [0.25, 0.3) is 0 Å². The second-order valence-electron chi connectivity index (χ2n) is 4.76. The predicted molar refractivity (Wildman–Crippen MR) is 64.6 cm³/mol. The molecule has 0 fully saturated rings. The second-order valence-corrected chi connectivity index (χ2v) is 4.76. The minimum atomic E-state index is 0.205. The zero-order chi connectivity index (χ0) is 11.3. The van der Waals surface area contributed by atoms with Crippen LogP contribution in [0.15, 0.2) is 18.5 Å². The molecule has 1 heterocycles. The molecule has 1 aromatic rings. The van der Waals surface area contributed by atoms with E-state index in [1.54, 1.807) is 0 Å². The summed E-state index contributed by atoms with van der Waals surface area (Å²) in [6.07, 6.45) is 9.01. The first-order valence-electron chi connectivity index (χ1n) is 5.38. The predicted octanol–water partition coefficient (Wildman–Crippen LogP) is 2.21. The van der Waals surface area contributed by atoms with E-state index in [9.17, 15) is 0 Å². The molecule has 0 saturated heterocycles. The van der Waals surface area contributed by atoms with Gasteiger partial charge in [0.1, 0.15) is 5.82 Å². The van der Waals surface area contributed by atoms with Crippen molar-refractivity contribution in [3.8, 4) is 0 Å². The number of hydrogen-bond donors (Lipinski definition) is 1. The number of hydrogen-bond acceptors (Lipinski definition) is 2. The Hall–Kier alpha value is -1.09. The lowest BCUT2D eigenvalue weighted by Gasteiger charge is -2.19. The summed E-state index contributed by atoms with van der Waals surface area (Å²) in [4.78, 5) is 4.22. The average molecular weight is 207 g/mol. The molecule has 3 nitrogen and oxygen atoms in total. The Kier molecular flexibility index (Phi) is 4.09. The lowest BCUT2D eigenvalue weighted by Crippen LogP contribution is -2.36. The zero-order valence-electron chi connectivity index (χ0n) is 10.1. The van der Waals surface area contributed by atoms with E-state index in [0.717, 1.165) is 18.8 Å². The van der Waals surface area contributed by atoms with E-state index in [1.807, 2.05) is 24.0 Å². The summed E-state index contributed by atoms with van der Waals surface area (Å²) in [5.74, 6) is 1.01. The van der Waals surface area contributed by atoms with Crippen LogP contribution in [-0.2, 0) is 7.05 Å². The van der Waals surface area contributed by atoms with Gasteiger partial charge in [-0.25, -0.2) is 4.98 Å². The normalized spacial score (nSPS) is 12.5. The van der Waals surface area contributed by atoms with Crippen LogP contribution in [0.25, 0.3) is 6.08 Å². The van der Waals surface area contributed by atoms with Crippen LogP contribution in [0.2, 0.25) is 0 Å². The summed E-state index contributed by atoms with van der Waals surface area (Å²) in [7, 11) is 2.00. The molecule has 1 aromatic heterocycles. The van der Waals surface area contributed by atoms with Gasteiger partial charge in [-0.15, -0.1) is 0 Å². The van der Waals surface area contributed by atoms with Crippen molar-refractivity contribution in [1.29, 1.82) is 0 Å². The molecular weight excluding hydrogens is 186 g/mol. The maximum absolute atomic E-state index is 4.22. The summed E-state index contributed by atoms with van der Waals surface area (Å²) in [5, 5.41) is 3.44. The van der Waals surface area contributed by atoms with Crippen molar-refractivity contribution in [2.75, 3.05) is 6.54 Å². The van der Waals surface area contributed by atoms with E-state index in [0.29, 0.717) is 0 Å². The van der Waals surface area contributed by atoms with E-state index < -0.39 is 0 Å². The topological polar surface area (TPSA) is 29.9 Å². The van der Waals surface area contributed by atoms with Crippen LogP contribution in [-0.4, -0.2) is 21.6 Å². The van der Waals surface area contributed by atoms with Crippen LogP contribution in [0.3, 0.4) is 0 Å². The summed E-state index contributed by atoms with van der Waals surface area (Å²) in [6.45, 7) is 7.53. The Bertz CT molecular complexity index is 318. The van der Waals surface area contributed by atoms with Crippen LogP contribution in [0.4, 0.5) is 0 Å². The summed E-state index contributed by atoms with van der Waals surface area (Å²) >= 11 is 0.